The largest absolute Gasteiger partial charge is 0.405 e. The van der Waals surface area contributed by atoms with Gasteiger partial charge in [0.25, 0.3) is 5.56 Å². The number of fused-ring (bicyclic) bond motifs is 1. The van der Waals surface area contributed by atoms with Gasteiger partial charge < -0.3 is 31.3 Å². The zero-order valence-corrected chi connectivity index (χ0v) is 30.3. The summed E-state index contributed by atoms with van der Waals surface area (Å²) in [7, 11) is 0. The predicted octanol–water partition coefficient (Wildman–Crippen LogP) is 0.402. The molecule has 3 aliphatic heterocycles. The fraction of sp³-hybridized carbons (Fsp3) is 0.667. The maximum Gasteiger partial charge on any atom is 0.330 e. The molecule has 16 nitrogen and oxygen atoms in total. The van der Waals surface area contributed by atoms with Crippen LogP contribution in [0.3, 0.4) is 0 Å². The molecule has 3 aliphatic rings. The van der Waals surface area contributed by atoms with E-state index in [1.54, 1.807) is 11.8 Å². The Hall–Kier alpha value is -3.58. The molecule has 4 heterocycles. The first-order chi connectivity index (χ1) is 24.5. The van der Waals surface area contributed by atoms with Crippen molar-refractivity contribution in [1.82, 2.24) is 30.6 Å². The molecule has 4 amide bonds. The lowest BCUT2D eigenvalue weighted by atomic mass is 9.73. The third-order valence-electron chi connectivity index (χ3n) is 9.66. The molecule has 3 saturated heterocycles. The van der Waals surface area contributed by atoms with E-state index in [2.05, 4.69) is 21.0 Å². The molecule has 1 unspecified atom stereocenters. The summed E-state index contributed by atoms with van der Waals surface area (Å²) < 4.78 is 6.68. The molecular formula is C33H49N7O9S2. The van der Waals surface area contributed by atoms with Crippen LogP contribution in [0.1, 0.15) is 89.3 Å². The molecule has 0 radical (unpaired) electrons. The Bertz CT molecular complexity index is 1570. The van der Waals surface area contributed by atoms with Crippen molar-refractivity contribution in [2.45, 2.75) is 119 Å². The highest BCUT2D eigenvalue weighted by molar-refractivity contribution is 8.00. The van der Waals surface area contributed by atoms with Gasteiger partial charge in [0.2, 0.25) is 11.8 Å². The van der Waals surface area contributed by atoms with Gasteiger partial charge in [-0.05, 0) is 37.3 Å². The number of nitrogens with one attached hydrogen (secondary N) is 4. The molecule has 1 aromatic heterocycles. The molecule has 0 aromatic carbocycles. The number of ether oxygens (including phenoxy) is 1. The first-order valence-corrected chi connectivity index (χ1v) is 18.9. The minimum atomic E-state index is -1.80. The summed E-state index contributed by atoms with van der Waals surface area (Å²) in [5.74, 6) is -0.462. The van der Waals surface area contributed by atoms with Crippen molar-refractivity contribution < 1.29 is 34.1 Å². The second-order valence-corrected chi connectivity index (χ2v) is 14.7. The number of nitrogens with zero attached hydrogens (tertiary/aromatic N) is 2. The van der Waals surface area contributed by atoms with Crippen LogP contribution in [0.5, 0.6) is 0 Å². The van der Waals surface area contributed by atoms with E-state index in [1.807, 2.05) is 6.92 Å². The number of aromatic nitrogens is 2. The molecule has 282 valence electrons. The van der Waals surface area contributed by atoms with Crippen molar-refractivity contribution in [2.75, 3.05) is 18.9 Å². The summed E-state index contributed by atoms with van der Waals surface area (Å²) in [6.45, 7) is 1.31. The lowest BCUT2D eigenvalue weighted by Gasteiger charge is -2.32. The molecule has 3 fully saturated rings. The predicted molar refractivity (Wildman–Crippen MR) is 194 cm³/mol. The maximum absolute atomic E-state index is 13.9. The summed E-state index contributed by atoms with van der Waals surface area (Å²) in [5.41, 5.74) is 4.84. The van der Waals surface area contributed by atoms with Crippen molar-refractivity contribution in [3.8, 4) is 0 Å². The number of aliphatic hydroxyl groups excluding tert-OH is 2. The van der Waals surface area contributed by atoms with E-state index in [0.29, 0.717) is 12.8 Å². The number of hydrazine groups is 1. The number of aliphatic hydroxyl groups is 2. The fourth-order valence-corrected chi connectivity index (χ4v) is 8.55. The highest BCUT2D eigenvalue weighted by Gasteiger charge is 2.43. The number of nitrogens with two attached hydrogens (primary N) is 1. The topological polar surface area (TPSA) is 238 Å². The molecule has 51 heavy (non-hydrogen) atoms. The van der Waals surface area contributed by atoms with Crippen molar-refractivity contribution in [3.63, 3.8) is 0 Å². The number of urea groups is 1. The molecule has 0 saturated carbocycles. The Labute approximate surface area is 305 Å². The lowest BCUT2D eigenvalue weighted by Crippen LogP contribution is -2.50. The minimum Gasteiger partial charge on any atom is -0.405 e. The molecule has 1 aromatic rings. The van der Waals surface area contributed by atoms with Crippen LogP contribution in [0.4, 0.5) is 4.79 Å². The van der Waals surface area contributed by atoms with Gasteiger partial charge in [0.05, 0.1) is 35.8 Å². The molecule has 8 N–H and O–H groups in total. The number of aromatic amines is 1. The summed E-state index contributed by atoms with van der Waals surface area (Å²) in [6.07, 6.45) is 4.58. The summed E-state index contributed by atoms with van der Waals surface area (Å²) in [6, 6.07) is 0.0258. The number of ketones is 1. The van der Waals surface area contributed by atoms with Gasteiger partial charge in [-0.2, -0.15) is 11.8 Å². The zero-order valence-electron chi connectivity index (χ0n) is 28.7. The number of Topliss-reactive ketones (excluding diaryl/α,β-unsaturated/α-hetero) is 1. The molecule has 0 aliphatic carbocycles. The maximum atomic E-state index is 13.9. The van der Waals surface area contributed by atoms with Gasteiger partial charge in [-0.15, -0.1) is 0 Å². The van der Waals surface area contributed by atoms with Gasteiger partial charge in [-0.3, -0.25) is 39.2 Å². The number of thiocarbonyl (C=S) groups is 1. The van der Waals surface area contributed by atoms with Gasteiger partial charge in [0.15, 0.2) is 5.78 Å². The lowest BCUT2D eigenvalue weighted by molar-refractivity contribution is -0.142. The van der Waals surface area contributed by atoms with Gasteiger partial charge in [0.1, 0.15) is 12.3 Å². The van der Waals surface area contributed by atoms with Crippen molar-refractivity contribution in [3.05, 3.63) is 44.9 Å². The van der Waals surface area contributed by atoms with Crippen LogP contribution in [0.2, 0.25) is 0 Å². The number of carbonyl (C=O) groups excluding carboxylic acids is 4. The quantitative estimate of drug-likeness (QED) is 0.0440. The molecule has 0 spiro atoms. The number of H-pyrrole nitrogens is 1. The Balaban J connectivity index is 1.54. The monoisotopic (exact) mass is 751 g/mol. The van der Waals surface area contributed by atoms with Crippen molar-refractivity contribution >= 4 is 53.0 Å². The summed E-state index contributed by atoms with van der Waals surface area (Å²) in [5, 5.41) is 28.3. The number of hydrogen-bond acceptors (Lipinski definition) is 12. The Kier molecular flexibility index (Phi) is 14.8. The zero-order chi connectivity index (χ0) is 37.1. The number of carbonyl (C=O) groups is 4. The molecule has 18 heteroatoms. The highest BCUT2D eigenvalue weighted by atomic mass is 32.2. The smallest absolute Gasteiger partial charge is 0.330 e. The fourth-order valence-electron chi connectivity index (χ4n) is 6.85. The van der Waals surface area contributed by atoms with Crippen LogP contribution < -0.4 is 33.0 Å². The Morgan fingerprint density at radius 3 is 2.65 bits per heavy atom. The minimum absolute atomic E-state index is 0.0648. The van der Waals surface area contributed by atoms with Crippen LogP contribution >= 0.6 is 24.0 Å². The van der Waals surface area contributed by atoms with Crippen LogP contribution in [0.25, 0.3) is 0 Å². The van der Waals surface area contributed by atoms with E-state index in [4.69, 9.17) is 22.7 Å². The van der Waals surface area contributed by atoms with E-state index in [9.17, 15) is 39.0 Å². The number of hydrogen-bond donors (Lipinski definition) is 7. The number of unbranched alkanes of at least 4 members (excludes halogenated alkanes) is 3. The van der Waals surface area contributed by atoms with Crippen molar-refractivity contribution in [1.29, 1.82) is 0 Å². The van der Waals surface area contributed by atoms with Crippen LogP contribution in [-0.2, 0) is 24.5 Å². The van der Waals surface area contributed by atoms with Crippen LogP contribution in [0, 0.1) is 0 Å². The number of allylic oxidation sites excluding steroid dienone is 1. The van der Waals surface area contributed by atoms with Gasteiger partial charge in [-0.25, -0.2) is 9.59 Å². The number of rotatable bonds is 19. The number of thioether (sulfide) groups is 1. The van der Waals surface area contributed by atoms with E-state index >= 15 is 0 Å². The molecule has 0 bridgehead atoms. The summed E-state index contributed by atoms with van der Waals surface area (Å²) in [4.78, 5) is 80.8. The Morgan fingerprint density at radius 1 is 1.20 bits per heavy atom. The van der Waals surface area contributed by atoms with Crippen LogP contribution in [0.15, 0.2) is 28.1 Å². The molecule has 4 rings (SSSR count). The molecular weight excluding hydrogens is 703 g/mol. The third kappa shape index (κ3) is 9.85. The highest BCUT2D eigenvalue weighted by Crippen LogP contribution is 2.34. The van der Waals surface area contributed by atoms with E-state index < -0.39 is 53.4 Å². The third-order valence-corrected chi connectivity index (χ3v) is 11.3. The SMILES string of the molecule is CCCCCC(=O)N(CCC(C=CN)(C(=O)CC=S)c1cn([C@H]2C[C@H](O)[C@@H](CO)O2)c(=O)[nH]c1=O)NC(=O)CCCC[C@@H]1SC[C@@H]2NC(=O)N[C@@H]21. The van der Waals surface area contributed by atoms with Crippen LogP contribution in [-0.4, -0.2) is 102 Å². The first-order valence-electron chi connectivity index (χ1n) is 17.4. The van der Waals surface area contributed by atoms with E-state index in [-0.39, 0.29) is 73.5 Å². The first kappa shape index (κ1) is 40.2. The average molecular weight is 752 g/mol. The average Bonchev–Trinajstić information content (AvgIpc) is 3.78. The normalized spacial score (nSPS) is 25.2. The second-order valence-electron chi connectivity index (χ2n) is 13.1. The standard InChI is InChI=1S/C33H49N7O9S2/c1-2-3-4-9-27(45)40(38-26(44)8-6-5-7-24-29-21(19-51-24)35-31(47)36-29)14-12-33(11-13-34,25(43)10-15-50)20-17-39(32(48)37-30(20)46)28-16-22(42)23(18-41)49-28/h11,13,15,17,21-24,28-29,41-42H,2-10,12,14,16,18-19,34H2,1H3,(H,38,44)(H2,35,36,47)(H,37,46,48)/t21-,22-,23+,24-,28+,29-,33?/m0/s1. The van der Waals surface area contributed by atoms with Gasteiger partial charge in [0, 0.05) is 49.4 Å². The van der Waals surface area contributed by atoms with Crippen molar-refractivity contribution in [2.24, 2.45) is 5.73 Å². The number of amides is 4. The molecule has 7 atom stereocenters. The van der Waals surface area contributed by atoms with Gasteiger partial charge >= 0.3 is 11.7 Å². The second kappa shape index (κ2) is 18.8. The van der Waals surface area contributed by atoms with E-state index in [1.165, 1.54) is 22.6 Å². The van der Waals surface area contributed by atoms with E-state index in [0.717, 1.165) is 42.2 Å². The Morgan fingerprint density at radius 2 is 1.96 bits per heavy atom. The summed E-state index contributed by atoms with van der Waals surface area (Å²) >= 11 is 6.78. The van der Waals surface area contributed by atoms with Gasteiger partial charge in [-0.1, -0.05) is 44.5 Å².